The van der Waals surface area contributed by atoms with E-state index in [0.717, 1.165) is 10.9 Å². The maximum absolute atomic E-state index is 14.2. The van der Waals surface area contributed by atoms with Crippen LogP contribution in [0.15, 0.2) is 42.7 Å². The Kier molecular flexibility index (Phi) is 4.86. The van der Waals surface area contributed by atoms with Crippen molar-refractivity contribution in [3.8, 4) is 5.75 Å². The molecular formula is C18H18FN3O2. The molecule has 0 unspecified atom stereocenters. The number of hydrogen-bond donors (Lipinski definition) is 1. The van der Waals surface area contributed by atoms with Crippen LogP contribution < -0.4 is 10.1 Å². The fourth-order valence-electron chi connectivity index (χ4n) is 2.34. The van der Waals surface area contributed by atoms with E-state index in [-0.39, 0.29) is 5.82 Å². The van der Waals surface area contributed by atoms with Crippen molar-refractivity contribution < 1.29 is 13.9 Å². The van der Waals surface area contributed by atoms with Gasteiger partial charge in [0.1, 0.15) is 30.3 Å². The molecule has 3 aromatic rings. The van der Waals surface area contributed by atoms with Gasteiger partial charge in [0, 0.05) is 12.5 Å². The maximum Gasteiger partial charge on any atom is 0.149 e. The van der Waals surface area contributed by atoms with Gasteiger partial charge in [-0.15, -0.1) is 0 Å². The lowest BCUT2D eigenvalue weighted by molar-refractivity contribution is 0.146. The third-order valence-corrected chi connectivity index (χ3v) is 3.61. The molecule has 0 fully saturated rings. The molecule has 6 heteroatoms. The fourth-order valence-corrected chi connectivity index (χ4v) is 2.34. The second-order valence-corrected chi connectivity index (χ2v) is 5.30. The highest BCUT2D eigenvalue weighted by molar-refractivity contribution is 5.91. The van der Waals surface area contributed by atoms with E-state index < -0.39 is 0 Å². The maximum atomic E-state index is 14.2. The van der Waals surface area contributed by atoms with Gasteiger partial charge in [-0.1, -0.05) is 12.1 Å². The molecule has 1 aromatic heterocycles. The summed E-state index contributed by atoms with van der Waals surface area (Å²) in [4.78, 5) is 8.48. The monoisotopic (exact) mass is 327 g/mol. The van der Waals surface area contributed by atoms with Crippen LogP contribution in [-0.2, 0) is 4.74 Å². The summed E-state index contributed by atoms with van der Waals surface area (Å²) in [6, 6.07) is 10.7. The predicted molar refractivity (Wildman–Crippen MR) is 91.3 cm³/mol. The first-order chi connectivity index (χ1) is 11.7. The van der Waals surface area contributed by atoms with Crippen molar-refractivity contribution >= 4 is 22.4 Å². The predicted octanol–water partition coefficient (Wildman–Crippen LogP) is 3.85. The molecule has 0 aliphatic heterocycles. The second-order valence-electron chi connectivity index (χ2n) is 5.30. The Hall–Kier alpha value is -2.73. The van der Waals surface area contributed by atoms with Crippen LogP contribution in [0.25, 0.3) is 10.9 Å². The summed E-state index contributed by atoms with van der Waals surface area (Å²) in [6.45, 7) is 2.67. The first-order valence-corrected chi connectivity index (χ1v) is 7.57. The number of ether oxygens (including phenoxy) is 2. The lowest BCUT2D eigenvalue weighted by atomic mass is 10.2. The van der Waals surface area contributed by atoms with E-state index in [1.54, 1.807) is 32.2 Å². The van der Waals surface area contributed by atoms with Gasteiger partial charge < -0.3 is 14.8 Å². The molecule has 24 heavy (non-hydrogen) atoms. The molecule has 0 aliphatic carbocycles. The van der Waals surface area contributed by atoms with Crippen LogP contribution in [0.1, 0.15) is 5.56 Å². The molecule has 0 atom stereocenters. The number of rotatable bonds is 6. The zero-order valence-corrected chi connectivity index (χ0v) is 13.5. The number of halogens is 1. The van der Waals surface area contributed by atoms with Crippen LogP contribution in [0.5, 0.6) is 5.75 Å². The van der Waals surface area contributed by atoms with Gasteiger partial charge in [0.05, 0.1) is 17.8 Å². The lowest BCUT2D eigenvalue weighted by Gasteiger charge is -2.11. The Morgan fingerprint density at radius 3 is 2.83 bits per heavy atom. The van der Waals surface area contributed by atoms with Crippen LogP contribution in [0.4, 0.5) is 15.9 Å². The highest BCUT2D eigenvalue weighted by atomic mass is 19.1. The van der Waals surface area contributed by atoms with Gasteiger partial charge in [-0.05, 0) is 36.8 Å². The number of benzene rings is 2. The average molecular weight is 327 g/mol. The normalized spacial score (nSPS) is 10.8. The molecule has 0 spiro atoms. The van der Waals surface area contributed by atoms with Gasteiger partial charge >= 0.3 is 0 Å². The number of anilines is 2. The number of hydrogen-bond acceptors (Lipinski definition) is 5. The zero-order valence-electron chi connectivity index (χ0n) is 13.5. The van der Waals surface area contributed by atoms with Gasteiger partial charge in [0.2, 0.25) is 0 Å². The summed E-state index contributed by atoms with van der Waals surface area (Å²) in [5, 5.41) is 3.80. The summed E-state index contributed by atoms with van der Waals surface area (Å²) in [7, 11) is 1.62. The number of aryl methyl sites for hydroxylation is 1. The van der Waals surface area contributed by atoms with E-state index >= 15 is 0 Å². The van der Waals surface area contributed by atoms with Crippen molar-refractivity contribution in [1.29, 1.82) is 0 Å². The minimum atomic E-state index is -0.295. The van der Waals surface area contributed by atoms with Crippen molar-refractivity contribution in [3.05, 3.63) is 54.1 Å². The first kappa shape index (κ1) is 16.1. The standard InChI is InChI=1S/C18H18FN3O2/c1-12-4-3-5-16(17(12)19)22-18-14-10-13(24-9-8-23-2)6-7-15(14)20-11-21-18/h3-7,10-11H,8-9H2,1-2H3,(H,20,21,22). The molecule has 2 aromatic carbocycles. The van der Waals surface area contributed by atoms with E-state index in [1.807, 2.05) is 18.2 Å². The minimum absolute atomic E-state index is 0.295. The van der Waals surface area contributed by atoms with E-state index in [0.29, 0.717) is 36.0 Å². The molecule has 0 bridgehead atoms. The first-order valence-electron chi connectivity index (χ1n) is 7.57. The summed E-state index contributed by atoms with van der Waals surface area (Å²) < 4.78 is 24.8. The summed E-state index contributed by atoms with van der Waals surface area (Å²) >= 11 is 0. The highest BCUT2D eigenvalue weighted by Crippen LogP contribution is 2.28. The summed E-state index contributed by atoms with van der Waals surface area (Å²) in [5.74, 6) is 0.917. The van der Waals surface area contributed by atoms with E-state index in [4.69, 9.17) is 9.47 Å². The van der Waals surface area contributed by atoms with Crippen LogP contribution in [-0.4, -0.2) is 30.3 Å². The highest BCUT2D eigenvalue weighted by Gasteiger charge is 2.09. The second kappa shape index (κ2) is 7.23. The molecule has 1 N–H and O–H groups in total. The average Bonchev–Trinajstić information content (AvgIpc) is 2.59. The minimum Gasteiger partial charge on any atom is -0.491 e. The molecule has 0 radical (unpaired) electrons. The summed E-state index contributed by atoms with van der Waals surface area (Å²) in [5.41, 5.74) is 1.70. The van der Waals surface area contributed by atoms with Crippen LogP contribution in [0, 0.1) is 12.7 Å². The van der Waals surface area contributed by atoms with Crippen molar-refractivity contribution in [2.24, 2.45) is 0 Å². The van der Waals surface area contributed by atoms with Crippen molar-refractivity contribution in [1.82, 2.24) is 9.97 Å². The van der Waals surface area contributed by atoms with Crippen molar-refractivity contribution in [2.45, 2.75) is 6.92 Å². The van der Waals surface area contributed by atoms with E-state index in [1.165, 1.54) is 6.33 Å². The van der Waals surface area contributed by atoms with Gasteiger partial charge in [-0.2, -0.15) is 0 Å². The Bertz CT molecular complexity index is 855. The number of methoxy groups -OCH3 is 1. The molecule has 1 heterocycles. The largest absolute Gasteiger partial charge is 0.491 e. The fraction of sp³-hybridized carbons (Fsp3) is 0.222. The summed E-state index contributed by atoms with van der Waals surface area (Å²) in [6.07, 6.45) is 1.45. The Morgan fingerprint density at radius 1 is 1.12 bits per heavy atom. The Morgan fingerprint density at radius 2 is 2.00 bits per heavy atom. The number of nitrogens with zero attached hydrogens (tertiary/aromatic N) is 2. The van der Waals surface area contributed by atoms with Crippen LogP contribution in [0.2, 0.25) is 0 Å². The Balaban J connectivity index is 1.94. The van der Waals surface area contributed by atoms with Crippen LogP contribution >= 0.6 is 0 Å². The topological polar surface area (TPSA) is 56.3 Å². The van der Waals surface area contributed by atoms with E-state index in [2.05, 4.69) is 15.3 Å². The molecular weight excluding hydrogens is 309 g/mol. The van der Waals surface area contributed by atoms with E-state index in [9.17, 15) is 4.39 Å². The lowest BCUT2D eigenvalue weighted by Crippen LogP contribution is -2.04. The third-order valence-electron chi connectivity index (χ3n) is 3.61. The SMILES string of the molecule is COCCOc1ccc2ncnc(Nc3cccc(C)c3F)c2c1. The zero-order chi connectivity index (χ0) is 16.9. The Labute approximate surface area is 139 Å². The number of fused-ring (bicyclic) bond motifs is 1. The van der Waals surface area contributed by atoms with Gasteiger partial charge in [-0.25, -0.2) is 14.4 Å². The number of aromatic nitrogens is 2. The molecule has 0 saturated carbocycles. The van der Waals surface area contributed by atoms with Gasteiger partial charge in [0.15, 0.2) is 0 Å². The molecule has 0 aliphatic rings. The molecule has 0 saturated heterocycles. The van der Waals surface area contributed by atoms with Crippen LogP contribution in [0.3, 0.4) is 0 Å². The molecule has 5 nitrogen and oxygen atoms in total. The molecule has 124 valence electrons. The molecule has 0 amide bonds. The smallest absolute Gasteiger partial charge is 0.149 e. The van der Waals surface area contributed by atoms with Crippen molar-refractivity contribution in [3.63, 3.8) is 0 Å². The van der Waals surface area contributed by atoms with Crippen molar-refractivity contribution in [2.75, 3.05) is 25.6 Å². The third kappa shape index (κ3) is 3.44. The number of nitrogens with one attached hydrogen (secondary N) is 1. The molecule has 3 rings (SSSR count). The van der Waals surface area contributed by atoms with Gasteiger partial charge in [0.25, 0.3) is 0 Å². The quantitative estimate of drug-likeness (QED) is 0.697. The van der Waals surface area contributed by atoms with Gasteiger partial charge in [-0.3, -0.25) is 0 Å².